The van der Waals surface area contributed by atoms with Gasteiger partial charge in [-0.15, -0.1) is 0 Å². The van der Waals surface area contributed by atoms with Gasteiger partial charge >= 0.3 is 0 Å². The summed E-state index contributed by atoms with van der Waals surface area (Å²) in [6.45, 7) is 2.52. The maximum atomic E-state index is 5.82. The third kappa shape index (κ3) is 3.55. The van der Waals surface area contributed by atoms with E-state index in [0.717, 1.165) is 18.7 Å². The van der Waals surface area contributed by atoms with Crippen molar-refractivity contribution in [3.05, 3.63) is 17.7 Å². The summed E-state index contributed by atoms with van der Waals surface area (Å²) < 4.78 is 16.0. The van der Waals surface area contributed by atoms with E-state index >= 15 is 0 Å². The van der Waals surface area contributed by atoms with Gasteiger partial charge in [0.05, 0.1) is 27.9 Å². The van der Waals surface area contributed by atoms with Crippen LogP contribution in [0.4, 0.5) is 0 Å². The molecule has 112 valence electrons. The third-order valence-electron chi connectivity index (χ3n) is 3.45. The van der Waals surface area contributed by atoms with E-state index in [-0.39, 0.29) is 0 Å². The van der Waals surface area contributed by atoms with Gasteiger partial charge in [0.15, 0.2) is 11.5 Å². The molecule has 0 atom stereocenters. The molecule has 0 aromatic heterocycles. The Morgan fingerprint density at radius 1 is 0.900 bits per heavy atom. The number of hydrogen-bond donors (Lipinski definition) is 0. The fourth-order valence-electron chi connectivity index (χ4n) is 2.38. The minimum Gasteiger partial charge on any atom is -0.493 e. The van der Waals surface area contributed by atoms with Gasteiger partial charge in [-0.25, -0.2) is 0 Å². The minimum absolute atomic E-state index is 0.511. The van der Waals surface area contributed by atoms with Gasteiger partial charge in [-0.1, -0.05) is 6.42 Å². The van der Waals surface area contributed by atoms with E-state index in [4.69, 9.17) is 19.0 Å². The van der Waals surface area contributed by atoms with Crippen molar-refractivity contribution in [2.75, 3.05) is 34.4 Å². The number of hydrogen-bond acceptors (Lipinski definition) is 5. The van der Waals surface area contributed by atoms with E-state index in [1.165, 1.54) is 19.3 Å². The molecule has 1 heterocycles. The van der Waals surface area contributed by atoms with E-state index in [9.17, 15) is 0 Å². The van der Waals surface area contributed by atoms with Gasteiger partial charge in [0, 0.05) is 13.1 Å². The first kappa shape index (κ1) is 14.9. The molecule has 0 amide bonds. The number of rotatable bonds is 6. The molecule has 1 aromatic rings. The molecule has 0 aliphatic carbocycles. The van der Waals surface area contributed by atoms with Gasteiger partial charge in [-0.3, -0.25) is 4.84 Å². The Bertz CT molecular complexity index is 405. The van der Waals surface area contributed by atoms with E-state index in [1.807, 2.05) is 17.2 Å². The first-order valence-electron chi connectivity index (χ1n) is 6.95. The molecule has 1 aliphatic rings. The van der Waals surface area contributed by atoms with Crippen molar-refractivity contribution in [3.63, 3.8) is 0 Å². The van der Waals surface area contributed by atoms with Crippen LogP contribution >= 0.6 is 0 Å². The molecule has 1 aromatic carbocycles. The van der Waals surface area contributed by atoms with E-state index in [2.05, 4.69) is 0 Å². The Hall–Kier alpha value is -1.46. The molecule has 0 spiro atoms. The van der Waals surface area contributed by atoms with Crippen LogP contribution in [-0.4, -0.2) is 39.5 Å². The van der Waals surface area contributed by atoms with Crippen LogP contribution in [0.15, 0.2) is 12.1 Å². The molecule has 1 aliphatic heterocycles. The van der Waals surface area contributed by atoms with Crippen LogP contribution in [0.25, 0.3) is 0 Å². The van der Waals surface area contributed by atoms with Crippen LogP contribution in [-0.2, 0) is 11.4 Å². The summed E-state index contributed by atoms with van der Waals surface area (Å²) in [5, 5.41) is 2.03. The fraction of sp³-hybridized carbons (Fsp3) is 0.600. The molecule has 0 saturated carbocycles. The smallest absolute Gasteiger partial charge is 0.203 e. The maximum absolute atomic E-state index is 5.82. The van der Waals surface area contributed by atoms with Crippen molar-refractivity contribution in [2.45, 2.75) is 25.9 Å². The highest BCUT2D eigenvalue weighted by molar-refractivity contribution is 5.53. The molecule has 0 bridgehead atoms. The molecule has 0 radical (unpaired) electrons. The summed E-state index contributed by atoms with van der Waals surface area (Å²) in [5.41, 5.74) is 1.00. The highest BCUT2D eigenvalue weighted by atomic mass is 16.7. The van der Waals surface area contributed by atoms with E-state index in [1.54, 1.807) is 21.3 Å². The summed E-state index contributed by atoms with van der Waals surface area (Å²) >= 11 is 0. The Morgan fingerprint density at radius 3 is 2.00 bits per heavy atom. The first-order chi connectivity index (χ1) is 9.78. The topological polar surface area (TPSA) is 40.2 Å². The lowest BCUT2D eigenvalue weighted by Crippen LogP contribution is -2.29. The molecular formula is C15H23NO4. The number of ether oxygens (including phenoxy) is 3. The van der Waals surface area contributed by atoms with Crippen molar-refractivity contribution in [1.29, 1.82) is 0 Å². The number of benzene rings is 1. The second kappa shape index (κ2) is 7.36. The summed E-state index contributed by atoms with van der Waals surface area (Å²) in [7, 11) is 4.84. The quantitative estimate of drug-likeness (QED) is 0.801. The Kier molecular flexibility index (Phi) is 5.49. The van der Waals surface area contributed by atoms with Crippen molar-refractivity contribution in [3.8, 4) is 17.2 Å². The number of hydroxylamine groups is 2. The van der Waals surface area contributed by atoms with E-state index < -0.39 is 0 Å². The largest absolute Gasteiger partial charge is 0.493 e. The molecule has 5 nitrogen and oxygen atoms in total. The van der Waals surface area contributed by atoms with Crippen molar-refractivity contribution >= 4 is 0 Å². The lowest BCUT2D eigenvalue weighted by Gasteiger charge is -2.25. The number of nitrogens with zero attached hydrogens (tertiary/aromatic N) is 1. The molecular weight excluding hydrogens is 258 g/mol. The normalized spacial score (nSPS) is 15.9. The predicted molar refractivity (Wildman–Crippen MR) is 76.3 cm³/mol. The second-order valence-corrected chi connectivity index (χ2v) is 4.80. The maximum Gasteiger partial charge on any atom is 0.203 e. The first-order valence-corrected chi connectivity index (χ1v) is 6.95. The highest BCUT2D eigenvalue weighted by Gasteiger charge is 2.15. The molecule has 1 saturated heterocycles. The average Bonchev–Trinajstić information content (AvgIpc) is 2.52. The van der Waals surface area contributed by atoms with Crippen LogP contribution in [0.5, 0.6) is 17.2 Å². The predicted octanol–water partition coefficient (Wildman–Crippen LogP) is 2.63. The van der Waals surface area contributed by atoms with Crippen LogP contribution in [0, 0.1) is 0 Å². The molecule has 5 heteroatoms. The summed E-state index contributed by atoms with van der Waals surface area (Å²) in [4.78, 5) is 5.82. The van der Waals surface area contributed by atoms with Crippen LogP contribution in [0.3, 0.4) is 0 Å². The van der Waals surface area contributed by atoms with E-state index in [0.29, 0.717) is 23.9 Å². The van der Waals surface area contributed by atoms with Crippen molar-refractivity contribution in [1.82, 2.24) is 5.06 Å². The fourth-order valence-corrected chi connectivity index (χ4v) is 2.38. The SMILES string of the molecule is COc1cc(CON2CCCCC2)cc(OC)c1OC. The van der Waals surface area contributed by atoms with Crippen LogP contribution in [0.2, 0.25) is 0 Å². The molecule has 2 rings (SSSR count). The second-order valence-electron chi connectivity index (χ2n) is 4.80. The molecule has 0 N–H and O–H groups in total. The summed E-state index contributed by atoms with van der Waals surface area (Å²) in [6, 6.07) is 3.84. The number of methoxy groups -OCH3 is 3. The van der Waals surface area contributed by atoms with Crippen molar-refractivity contribution < 1.29 is 19.0 Å². The Balaban J connectivity index is 2.06. The van der Waals surface area contributed by atoms with Gasteiger partial charge in [-0.2, -0.15) is 5.06 Å². The average molecular weight is 281 g/mol. The molecule has 0 unspecified atom stereocenters. The molecule has 20 heavy (non-hydrogen) atoms. The van der Waals surface area contributed by atoms with Crippen LogP contribution in [0.1, 0.15) is 24.8 Å². The zero-order valence-corrected chi connectivity index (χ0v) is 12.5. The molecule has 1 fully saturated rings. The lowest BCUT2D eigenvalue weighted by molar-refractivity contribution is -0.178. The standard InChI is InChI=1S/C15H23NO4/c1-17-13-9-12(10-14(18-2)15(13)19-3)11-20-16-7-5-4-6-8-16/h9-10H,4-8,11H2,1-3H3. The monoisotopic (exact) mass is 281 g/mol. The van der Waals surface area contributed by atoms with Crippen molar-refractivity contribution in [2.24, 2.45) is 0 Å². The number of piperidine rings is 1. The van der Waals surface area contributed by atoms with Crippen LogP contribution < -0.4 is 14.2 Å². The zero-order valence-electron chi connectivity index (χ0n) is 12.5. The summed E-state index contributed by atoms with van der Waals surface area (Å²) in [5.74, 6) is 1.92. The van der Waals surface area contributed by atoms with Gasteiger partial charge < -0.3 is 14.2 Å². The minimum atomic E-state index is 0.511. The highest BCUT2D eigenvalue weighted by Crippen LogP contribution is 2.38. The Labute approximate surface area is 120 Å². The lowest BCUT2D eigenvalue weighted by atomic mass is 10.2. The van der Waals surface area contributed by atoms with Gasteiger partial charge in [0.1, 0.15) is 0 Å². The Morgan fingerprint density at radius 2 is 1.50 bits per heavy atom. The van der Waals surface area contributed by atoms with Gasteiger partial charge in [0.25, 0.3) is 0 Å². The zero-order chi connectivity index (χ0) is 14.4. The third-order valence-corrected chi connectivity index (χ3v) is 3.45. The summed E-state index contributed by atoms with van der Waals surface area (Å²) in [6.07, 6.45) is 3.70. The van der Waals surface area contributed by atoms with Gasteiger partial charge in [-0.05, 0) is 30.5 Å². The van der Waals surface area contributed by atoms with Gasteiger partial charge in [0.2, 0.25) is 5.75 Å².